The molecule has 0 aromatic heterocycles. The van der Waals surface area contributed by atoms with Crippen LogP contribution < -0.4 is 0 Å². The highest BCUT2D eigenvalue weighted by Gasteiger charge is 2.31. The second-order valence-corrected chi connectivity index (χ2v) is 6.35. The van der Waals surface area contributed by atoms with Crippen LogP contribution in [0.25, 0.3) is 0 Å². The molecule has 1 N–H and O–H groups in total. The summed E-state index contributed by atoms with van der Waals surface area (Å²) in [5, 5.41) is 9.53. The monoisotopic (exact) mass is 316 g/mol. The first-order valence-electron chi connectivity index (χ1n) is 7.75. The molecule has 22 heavy (non-hydrogen) atoms. The van der Waals surface area contributed by atoms with Crippen molar-refractivity contribution in [3.05, 3.63) is 0 Å². The lowest BCUT2D eigenvalue weighted by Crippen LogP contribution is -2.57. The zero-order chi connectivity index (χ0) is 16.8. The van der Waals surface area contributed by atoms with Crippen molar-refractivity contribution in [1.82, 2.24) is 9.80 Å². The largest absolute Gasteiger partial charge is 0.466 e. The molecule has 1 heterocycles. The van der Waals surface area contributed by atoms with Crippen molar-refractivity contribution in [1.29, 1.82) is 0 Å². The molecule has 0 aromatic carbocycles. The number of aliphatic hydroxyl groups is 1. The van der Waals surface area contributed by atoms with E-state index in [0.717, 1.165) is 0 Å². The number of hydrogen-bond acceptors (Lipinski definition) is 6. The van der Waals surface area contributed by atoms with E-state index in [0.29, 0.717) is 32.8 Å². The topological polar surface area (TPSA) is 79.3 Å². The second-order valence-electron chi connectivity index (χ2n) is 6.35. The van der Waals surface area contributed by atoms with Gasteiger partial charge in [-0.05, 0) is 27.7 Å². The number of esters is 1. The van der Waals surface area contributed by atoms with E-state index in [1.165, 1.54) is 0 Å². The zero-order valence-electron chi connectivity index (χ0n) is 14.0. The third kappa shape index (κ3) is 6.19. The van der Waals surface area contributed by atoms with Crippen LogP contribution in [-0.4, -0.2) is 78.0 Å². The van der Waals surface area contributed by atoms with Crippen LogP contribution in [0.1, 0.15) is 34.1 Å². The van der Waals surface area contributed by atoms with E-state index >= 15 is 0 Å². The standard InChI is InChI=1S/C15H28N2O5/c1-5-21-13(19)6-7-16-8-9-17(10-12(16)11-18)14(20)22-15(2,3)4/h12,18H,5-11H2,1-4H3. The summed E-state index contributed by atoms with van der Waals surface area (Å²) in [4.78, 5) is 27.1. The van der Waals surface area contributed by atoms with Gasteiger partial charge in [0.25, 0.3) is 0 Å². The Morgan fingerprint density at radius 3 is 2.50 bits per heavy atom. The van der Waals surface area contributed by atoms with Gasteiger partial charge in [-0.1, -0.05) is 0 Å². The summed E-state index contributed by atoms with van der Waals surface area (Å²) in [6.45, 7) is 9.58. The van der Waals surface area contributed by atoms with E-state index in [-0.39, 0.29) is 31.1 Å². The van der Waals surface area contributed by atoms with Gasteiger partial charge < -0.3 is 19.5 Å². The Kier molecular flexibility index (Phi) is 7.09. The van der Waals surface area contributed by atoms with Crippen LogP contribution in [0, 0.1) is 0 Å². The van der Waals surface area contributed by atoms with Crippen LogP contribution in [0.3, 0.4) is 0 Å². The number of rotatable bonds is 5. The maximum absolute atomic E-state index is 12.1. The Labute approximate surface area is 132 Å². The van der Waals surface area contributed by atoms with Gasteiger partial charge >= 0.3 is 12.1 Å². The molecule has 7 heteroatoms. The number of ether oxygens (including phenoxy) is 2. The van der Waals surface area contributed by atoms with Gasteiger partial charge in [-0.2, -0.15) is 0 Å². The molecule has 1 aliphatic heterocycles. The first-order valence-corrected chi connectivity index (χ1v) is 7.75. The molecule has 0 aromatic rings. The Morgan fingerprint density at radius 1 is 1.27 bits per heavy atom. The summed E-state index contributed by atoms with van der Waals surface area (Å²) in [6, 6.07) is -0.185. The third-order valence-electron chi connectivity index (χ3n) is 3.38. The fourth-order valence-corrected chi connectivity index (χ4v) is 2.32. The quantitative estimate of drug-likeness (QED) is 0.758. The van der Waals surface area contributed by atoms with E-state index in [1.807, 2.05) is 25.7 Å². The minimum Gasteiger partial charge on any atom is -0.466 e. The van der Waals surface area contributed by atoms with E-state index in [2.05, 4.69) is 0 Å². The minimum absolute atomic E-state index is 0.0673. The summed E-state index contributed by atoms with van der Waals surface area (Å²) in [5.41, 5.74) is -0.535. The third-order valence-corrected chi connectivity index (χ3v) is 3.38. The SMILES string of the molecule is CCOC(=O)CCN1CCN(C(=O)OC(C)(C)C)CC1CO. The Hall–Kier alpha value is -1.34. The molecule has 1 atom stereocenters. The van der Waals surface area contributed by atoms with Crippen molar-refractivity contribution in [3.63, 3.8) is 0 Å². The lowest BCUT2D eigenvalue weighted by atomic mass is 10.1. The normalized spacial score (nSPS) is 19.9. The lowest BCUT2D eigenvalue weighted by Gasteiger charge is -2.40. The van der Waals surface area contributed by atoms with Crippen molar-refractivity contribution in [2.24, 2.45) is 0 Å². The predicted octanol–water partition coefficient (Wildman–Crippen LogP) is 0.853. The molecule has 1 fully saturated rings. The Balaban J connectivity index is 2.49. The molecule has 128 valence electrons. The molecule has 0 saturated carbocycles. The fraction of sp³-hybridized carbons (Fsp3) is 0.867. The molecule has 0 aliphatic carbocycles. The van der Waals surface area contributed by atoms with Crippen molar-refractivity contribution in [3.8, 4) is 0 Å². The second kappa shape index (κ2) is 8.33. The molecule has 1 saturated heterocycles. The van der Waals surface area contributed by atoms with Gasteiger partial charge in [0.1, 0.15) is 5.60 Å². The van der Waals surface area contributed by atoms with Crippen LogP contribution in [0.15, 0.2) is 0 Å². The highest BCUT2D eigenvalue weighted by molar-refractivity contribution is 5.69. The molecule has 1 unspecified atom stereocenters. The fourth-order valence-electron chi connectivity index (χ4n) is 2.32. The van der Waals surface area contributed by atoms with Gasteiger partial charge in [0.2, 0.25) is 0 Å². The molecular formula is C15H28N2O5. The van der Waals surface area contributed by atoms with Crippen molar-refractivity contribution in [2.45, 2.75) is 45.8 Å². The summed E-state index contributed by atoms with van der Waals surface area (Å²) in [6.07, 6.45) is -0.0764. The predicted molar refractivity (Wildman–Crippen MR) is 81.5 cm³/mol. The van der Waals surface area contributed by atoms with Gasteiger partial charge in [0.15, 0.2) is 0 Å². The Morgan fingerprint density at radius 2 is 1.95 bits per heavy atom. The highest BCUT2D eigenvalue weighted by Crippen LogP contribution is 2.15. The van der Waals surface area contributed by atoms with E-state index in [9.17, 15) is 14.7 Å². The van der Waals surface area contributed by atoms with Crippen LogP contribution in [0.4, 0.5) is 4.79 Å². The first-order chi connectivity index (χ1) is 10.3. The highest BCUT2D eigenvalue weighted by atomic mass is 16.6. The van der Waals surface area contributed by atoms with E-state index in [1.54, 1.807) is 11.8 Å². The molecule has 7 nitrogen and oxygen atoms in total. The number of piperazine rings is 1. The summed E-state index contributed by atoms with van der Waals surface area (Å²) >= 11 is 0. The number of nitrogens with zero attached hydrogens (tertiary/aromatic N) is 2. The molecular weight excluding hydrogens is 288 g/mol. The minimum atomic E-state index is -0.535. The van der Waals surface area contributed by atoms with Gasteiger partial charge in [-0.25, -0.2) is 4.79 Å². The van der Waals surface area contributed by atoms with Crippen LogP contribution >= 0.6 is 0 Å². The average molecular weight is 316 g/mol. The summed E-state index contributed by atoms with van der Waals surface area (Å²) < 4.78 is 10.3. The lowest BCUT2D eigenvalue weighted by molar-refractivity contribution is -0.143. The average Bonchev–Trinajstić information content (AvgIpc) is 2.43. The van der Waals surface area contributed by atoms with Crippen LogP contribution in [-0.2, 0) is 14.3 Å². The molecule has 1 rings (SSSR count). The first kappa shape index (κ1) is 18.7. The van der Waals surface area contributed by atoms with Gasteiger partial charge in [0, 0.05) is 26.2 Å². The van der Waals surface area contributed by atoms with Gasteiger partial charge in [-0.3, -0.25) is 9.69 Å². The number of amides is 1. The zero-order valence-corrected chi connectivity index (χ0v) is 14.0. The van der Waals surface area contributed by atoms with Crippen molar-refractivity contribution >= 4 is 12.1 Å². The van der Waals surface area contributed by atoms with Crippen LogP contribution in [0.5, 0.6) is 0 Å². The number of aliphatic hydroxyl groups excluding tert-OH is 1. The van der Waals surface area contributed by atoms with E-state index < -0.39 is 5.60 Å². The molecule has 0 radical (unpaired) electrons. The number of carbonyl (C=O) groups excluding carboxylic acids is 2. The number of hydrogen-bond donors (Lipinski definition) is 1. The van der Waals surface area contributed by atoms with Crippen LogP contribution in [0.2, 0.25) is 0 Å². The maximum atomic E-state index is 12.1. The maximum Gasteiger partial charge on any atom is 0.410 e. The van der Waals surface area contributed by atoms with E-state index in [4.69, 9.17) is 9.47 Å². The molecule has 0 spiro atoms. The smallest absolute Gasteiger partial charge is 0.410 e. The number of carbonyl (C=O) groups is 2. The Bertz CT molecular complexity index is 381. The van der Waals surface area contributed by atoms with Crippen molar-refractivity contribution in [2.75, 3.05) is 39.4 Å². The van der Waals surface area contributed by atoms with Crippen molar-refractivity contribution < 1.29 is 24.2 Å². The molecule has 1 aliphatic rings. The van der Waals surface area contributed by atoms with Gasteiger partial charge in [0.05, 0.1) is 25.7 Å². The summed E-state index contributed by atoms with van der Waals surface area (Å²) in [7, 11) is 0. The molecule has 1 amide bonds. The van der Waals surface area contributed by atoms with Gasteiger partial charge in [-0.15, -0.1) is 0 Å². The molecule has 0 bridgehead atoms. The summed E-state index contributed by atoms with van der Waals surface area (Å²) in [5.74, 6) is -0.242.